The van der Waals surface area contributed by atoms with Crippen LogP contribution in [0.3, 0.4) is 0 Å². The molecule has 8 heteroatoms. The Balaban J connectivity index is 1.78. The van der Waals surface area contributed by atoms with E-state index in [0.29, 0.717) is 17.6 Å². The molecule has 0 heterocycles. The smallest absolute Gasteiger partial charge is 0.306 e. The maximum absolute atomic E-state index is 13.2. The highest BCUT2D eigenvalue weighted by molar-refractivity contribution is 6.04. The molecule has 4 aliphatic rings. The van der Waals surface area contributed by atoms with Crippen molar-refractivity contribution in [3.8, 4) is 0 Å². The van der Waals surface area contributed by atoms with Crippen molar-refractivity contribution in [2.45, 2.75) is 109 Å². The highest BCUT2D eigenvalue weighted by atomic mass is 16.6. The molecule has 0 spiro atoms. The van der Waals surface area contributed by atoms with Crippen LogP contribution in [0, 0.1) is 29.1 Å². The molecular weight excluding hydrogens is 488 g/mol. The number of aliphatic hydroxyl groups is 3. The van der Waals surface area contributed by atoms with Gasteiger partial charge in [0, 0.05) is 48.9 Å². The number of carbonyl (C=O) groups excluding carboxylic acids is 3. The molecule has 8 nitrogen and oxygen atoms in total. The van der Waals surface area contributed by atoms with Gasteiger partial charge in [-0.15, -0.1) is 0 Å². The summed E-state index contributed by atoms with van der Waals surface area (Å²) in [4.78, 5) is 38.7. The maximum Gasteiger partial charge on any atom is 0.306 e. The highest BCUT2D eigenvalue weighted by Crippen LogP contribution is 2.77. The Hall–Kier alpha value is -2.03. The fourth-order valence-electron chi connectivity index (χ4n) is 8.11. The summed E-state index contributed by atoms with van der Waals surface area (Å²) in [5.41, 5.74) is -4.70. The first-order chi connectivity index (χ1) is 17.7. The summed E-state index contributed by atoms with van der Waals surface area (Å²) in [5, 5.41) is 34.5. The number of esters is 2. The lowest BCUT2D eigenvalue weighted by molar-refractivity contribution is -0.228. The van der Waals surface area contributed by atoms with Crippen LogP contribution in [-0.2, 0) is 23.9 Å². The Bertz CT molecular complexity index is 1060. The quantitative estimate of drug-likeness (QED) is 0.234. The van der Waals surface area contributed by atoms with Gasteiger partial charge < -0.3 is 24.8 Å². The van der Waals surface area contributed by atoms with Gasteiger partial charge in [-0.1, -0.05) is 65.5 Å². The fourth-order valence-corrected chi connectivity index (χ4v) is 8.11. The van der Waals surface area contributed by atoms with Gasteiger partial charge >= 0.3 is 11.9 Å². The topological polar surface area (TPSA) is 130 Å². The van der Waals surface area contributed by atoms with E-state index in [1.165, 1.54) is 6.92 Å². The number of rotatable bonds is 9. The van der Waals surface area contributed by atoms with Crippen LogP contribution in [0.4, 0.5) is 0 Å². The van der Waals surface area contributed by atoms with Crippen molar-refractivity contribution in [3.05, 3.63) is 23.3 Å². The summed E-state index contributed by atoms with van der Waals surface area (Å²) in [6.07, 6.45) is 7.45. The zero-order valence-electron chi connectivity index (χ0n) is 23.6. The molecule has 4 aliphatic carbocycles. The minimum absolute atomic E-state index is 0.109. The van der Waals surface area contributed by atoms with Crippen LogP contribution in [0.15, 0.2) is 23.3 Å². The second-order valence-electron chi connectivity index (χ2n) is 12.6. The number of hydrogen-bond acceptors (Lipinski definition) is 8. The zero-order valence-corrected chi connectivity index (χ0v) is 23.6. The Morgan fingerprint density at radius 3 is 2.37 bits per heavy atom. The van der Waals surface area contributed by atoms with E-state index in [0.717, 1.165) is 25.7 Å². The second-order valence-corrected chi connectivity index (χ2v) is 12.6. The van der Waals surface area contributed by atoms with Gasteiger partial charge in [0.2, 0.25) is 0 Å². The molecule has 4 rings (SSSR count). The van der Waals surface area contributed by atoms with Crippen LogP contribution in [0.2, 0.25) is 0 Å². The van der Waals surface area contributed by atoms with Crippen LogP contribution in [-0.4, -0.2) is 62.6 Å². The van der Waals surface area contributed by atoms with Crippen molar-refractivity contribution in [2.24, 2.45) is 29.1 Å². The summed E-state index contributed by atoms with van der Waals surface area (Å²) in [6, 6.07) is 0. The number of fused-ring (bicyclic) bond motifs is 5. The van der Waals surface area contributed by atoms with E-state index in [1.54, 1.807) is 26.0 Å². The Labute approximate surface area is 225 Å². The molecule has 0 aromatic rings. The molecule has 212 valence electrons. The van der Waals surface area contributed by atoms with Gasteiger partial charge in [0.25, 0.3) is 0 Å². The lowest BCUT2D eigenvalue weighted by atomic mass is 9.59. The molecule has 2 fully saturated rings. The number of ketones is 1. The molecule has 1 unspecified atom stereocenters. The minimum atomic E-state index is -1.93. The second kappa shape index (κ2) is 9.86. The summed E-state index contributed by atoms with van der Waals surface area (Å²) in [5.74, 6) is -4.31. The predicted molar refractivity (Wildman–Crippen MR) is 140 cm³/mol. The molecule has 8 atom stereocenters. The van der Waals surface area contributed by atoms with Crippen molar-refractivity contribution < 1.29 is 39.2 Å². The van der Waals surface area contributed by atoms with Crippen molar-refractivity contribution in [3.63, 3.8) is 0 Å². The summed E-state index contributed by atoms with van der Waals surface area (Å²) in [6.45, 7) is 10.3. The monoisotopic (exact) mass is 532 g/mol. The number of unbranched alkanes of at least 4 members (excludes halogenated alkanes) is 4. The Morgan fingerprint density at radius 2 is 1.76 bits per heavy atom. The third-order valence-electron chi connectivity index (χ3n) is 10.0. The first kappa shape index (κ1) is 29.0. The first-order valence-corrected chi connectivity index (χ1v) is 14.1. The van der Waals surface area contributed by atoms with Crippen LogP contribution >= 0.6 is 0 Å². The molecule has 38 heavy (non-hydrogen) atoms. The average Bonchev–Trinajstić information content (AvgIpc) is 3.27. The normalized spacial score (nSPS) is 40.7. The van der Waals surface area contributed by atoms with Crippen LogP contribution in [0.1, 0.15) is 86.5 Å². The molecule has 0 radical (unpaired) electrons. The lowest BCUT2D eigenvalue weighted by Gasteiger charge is -2.53. The molecule has 2 saturated carbocycles. The van der Waals surface area contributed by atoms with Gasteiger partial charge in [-0.25, -0.2) is 0 Å². The van der Waals surface area contributed by atoms with E-state index in [1.807, 2.05) is 13.8 Å². The summed E-state index contributed by atoms with van der Waals surface area (Å²) in [7, 11) is 0. The lowest BCUT2D eigenvalue weighted by Crippen LogP contribution is -2.66. The number of ether oxygens (including phenoxy) is 2. The Morgan fingerprint density at radius 1 is 1.11 bits per heavy atom. The van der Waals surface area contributed by atoms with E-state index in [2.05, 4.69) is 6.92 Å². The number of carbonyl (C=O) groups is 3. The highest BCUT2D eigenvalue weighted by Gasteiger charge is 2.87. The number of hydrogen-bond donors (Lipinski definition) is 3. The number of Topliss-reactive ketones (excluding diaryl/α,β-unsaturated/α-hetero) is 1. The molecule has 0 saturated heterocycles. The molecule has 0 aromatic carbocycles. The SMILES string of the molecule is CCCCCCCC(=O)OC12[C@H]([C@@H]3C=C(CO)C[C@]4(O)C(=O)C(C)=C[C@H]4[C@@]3(O)[C@H](C)[C@@H]1OC(C)=O)C2(C)C. The largest absolute Gasteiger partial charge is 0.458 e. The molecule has 0 amide bonds. The van der Waals surface area contributed by atoms with Crippen molar-refractivity contribution in [1.82, 2.24) is 0 Å². The average molecular weight is 533 g/mol. The van der Waals surface area contributed by atoms with Crippen LogP contribution in [0.5, 0.6) is 0 Å². The van der Waals surface area contributed by atoms with Gasteiger partial charge in [-0.2, -0.15) is 0 Å². The van der Waals surface area contributed by atoms with Crippen LogP contribution < -0.4 is 0 Å². The van der Waals surface area contributed by atoms with Gasteiger partial charge in [0.15, 0.2) is 11.4 Å². The van der Waals surface area contributed by atoms with Gasteiger partial charge in [0.05, 0.1) is 12.2 Å². The Kier molecular flexibility index (Phi) is 7.52. The van der Waals surface area contributed by atoms with E-state index >= 15 is 0 Å². The summed E-state index contributed by atoms with van der Waals surface area (Å²) >= 11 is 0. The van der Waals surface area contributed by atoms with E-state index in [9.17, 15) is 29.7 Å². The predicted octanol–water partition coefficient (Wildman–Crippen LogP) is 3.41. The van der Waals surface area contributed by atoms with E-state index < -0.39 is 63.7 Å². The third kappa shape index (κ3) is 4.01. The zero-order chi connectivity index (χ0) is 28.3. The third-order valence-corrected chi connectivity index (χ3v) is 10.0. The molecule has 0 aliphatic heterocycles. The van der Waals surface area contributed by atoms with Gasteiger partial charge in [-0.05, 0) is 24.5 Å². The fraction of sp³-hybridized carbons (Fsp3) is 0.767. The number of aliphatic hydroxyl groups excluding tert-OH is 1. The maximum atomic E-state index is 13.2. The van der Waals surface area contributed by atoms with Gasteiger partial charge in [0.1, 0.15) is 11.7 Å². The molecular formula is C30H44O8. The first-order valence-electron chi connectivity index (χ1n) is 14.1. The molecule has 0 bridgehead atoms. The van der Waals surface area contributed by atoms with Crippen molar-refractivity contribution in [2.75, 3.05) is 6.61 Å². The van der Waals surface area contributed by atoms with E-state index in [4.69, 9.17) is 9.47 Å². The van der Waals surface area contributed by atoms with E-state index in [-0.39, 0.29) is 25.4 Å². The molecule has 3 N–H and O–H groups in total. The minimum Gasteiger partial charge on any atom is -0.458 e. The van der Waals surface area contributed by atoms with Crippen molar-refractivity contribution in [1.29, 1.82) is 0 Å². The van der Waals surface area contributed by atoms with Crippen LogP contribution in [0.25, 0.3) is 0 Å². The van der Waals surface area contributed by atoms with Gasteiger partial charge in [-0.3, -0.25) is 14.4 Å². The summed E-state index contributed by atoms with van der Waals surface area (Å²) < 4.78 is 12.1. The van der Waals surface area contributed by atoms with Crippen molar-refractivity contribution >= 4 is 17.7 Å². The standard InChI is InChI=1S/C30H44O8/c1-7-8-9-10-11-12-23(33)38-30-24(27(30,5)6)21-14-20(16-31)15-28(35)22(13-17(2)25(28)34)29(21,36)18(3)26(30)37-19(4)32/h13-14,18,21-22,24,26,31,35-36H,7-12,15-16H2,1-6H3/t18-,21+,22-,24-,26+,28-,29-,30?/m1/s1. The molecule has 0 aromatic heterocycles.